The molecule has 3 heteroatoms. The Bertz CT molecular complexity index is 287. The lowest BCUT2D eigenvalue weighted by Gasteiger charge is -2.04. The highest BCUT2D eigenvalue weighted by molar-refractivity contribution is 7.99. The van der Waals surface area contributed by atoms with Gasteiger partial charge in [-0.05, 0) is 31.2 Å². The van der Waals surface area contributed by atoms with Crippen molar-refractivity contribution < 1.29 is 0 Å². The van der Waals surface area contributed by atoms with Crippen molar-refractivity contribution in [2.45, 2.75) is 38.1 Å². The van der Waals surface area contributed by atoms with E-state index >= 15 is 0 Å². The Morgan fingerprint density at radius 1 is 1.36 bits per heavy atom. The number of hydrogen-bond donors (Lipinski definition) is 1. The Balaban J connectivity index is 2.45. The minimum Gasteiger partial charge on any atom is -0.397 e. The van der Waals surface area contributed by atoms with Crippen molar-refractivity contribution in [2.75, 3.05) is 11.5 Å². The summed E-state index contributed by atoms with van der Waals surface area (Å²) >= 11 is 1.77. The van der Waals surface area contributed by atoms with Crippen molar-refractivity contribution in [3.63, 3.8) is 0 Å². The first kappa shape index (κ1) is 11.4. The minimum atomic E-state index is 0.803. The fourth-order valence-corrected chi connectivity index (χ4v) is 2.17. The molecule has 0 amide bonds. The molecule has 0 saturated carbocycles. The lowest BCUT2D eigenvalue weighted by atomic mass is 10.3. The molecule has 1 aromatic heterocycles. The Morgan fingerprint density at radius 3 is 2.86 bits per heavy atom. The second kappa shape index (κ2) is 5.91. The first-order valence-electron chi connectivity index (χ1n) is 5.10. The van der Waals surface area contributed by atoms with Gasteiger partial charge in [-0.15, -0.1) is 11.8 Å². The molecule has 14 heavy (non-hydrogen) atoms. The quantitative estimate of drug-likeness (QED) is 0.599. The van der Waals surface area contributed by atoms with Gasteiger partial charge in [-0.25, -0.2) is 4.98 Å². The number of rotatable bonds is 5. The molecule has 0 aliphatic rings. The second-order valence-electron chi connectivity index (χ2n) is 3.40. The third kappa shape index (κ3) is 3.58. The molecule has 0 fully saturated rings. The maximum atomic E-state index is 5.82. The van der Waals surface area contributed by atoms with Gasteiger partial charge in [-0.1, -0.05) is 19.8 Å². The van der Waals surface area contributed by atoms with Crippen LogP contribution < -0.4 is 5.73 Å². The van der Waals surface area contributed by atoms with Gasteiger partial charge in [0.05, 0.1) is 5.69 Å². The third-order valence-corrected chi connectivity index (χ3v) is 3.11. The lowest BCUT2D eigenvalue weighted by Crippen LogP contribution is -1.94. The number of anilines is 1. The van der Waals surface area contributed by atoms with Gasteiger partial charge in [0.25, 0.3) is 0 Å². The van der Waals surface area contributed by atoms with Crippen LogP contribution in [0.15, 0.2) is 17.2 Å². The zero-order chi connectivity index (χ0) is 10.4. The molecule has 0 aromatic carbocycles. The monoisotopic (exact) mass is 210 g/mol. The van der Waals surface area contributed by atoms with E-state index in [1.54, 1.807) is 11.8 Å². The Morgan fingerprint density at radius 2 is 2.14 bits per heavy atom. The molecule has 0 bridgehead atoms. The van der Waals surface area contributed by atoms with Crippen LogP contribution in [-0.4, -0.2) is 10.7 Å². The molecule has 0 atom stereocenters. The van der Waals surface area contributed by atoms with Crippen molar-refractivity contribution in [2.24, 2.45) is 0 Å². The molecular weight excluding hydrogens is 192 g/mol. The highest BCUT2D eigenvalue weighted by atomic mass is 32.2. The van der Waals surface area contributed by atoms with Crippen LogP contribution in [0, 0.1) is 6.92 Å². The van der Waals surface area contributed by atoms with Gasteiger partial charge in [-0.2, -0.15) is 0 Å². The van der Waals surface area contributed by atoms with E-state index in [1.165, 1.54) is 19.3 Å². The third-order valence-electron chi connectivity index (χ3n) is 2.02. The minimum absolute atomic E-state index is 0.803. The van der Waals surface area contributed by atoms with E-state index in [0.29, 0.717) is 0 Å². The average Bonchev–Trinajstić information content (AvgIpc) is 2.18. The van der Waals surface area contributed by atoms with E-state index in [4.69, 9.17) is 5.73 Å². The van der Waals surface area contributed by atoms with Gasteiger partial charge in [0.1, 0.15) is 5.03 Å². The number of nitrogens with zero attached hydrogens (tertiary/aromatic N) is 1. The molecule has 0 aliphatic heterocycles. The zero-order valence-corrected chi connectivity index (χ0v) is 9.73. The van der Waals surface area contributed by atoms with Gasteiger partial charge in [0.2, 0.25) is 0 Å². The molecule has 2 N–H and O–H groups in total. The molecule has 0 aliphatic carbocycles. The fourth-order valence-electron chi connectivity index (χ4n) is 1.18. The topological polar surface area (TPSA) is 38.9 Å². The lowest BCUT2D eigenvalue weighted by molar-refractivity contribution is 0.778. The summed E-state index contributed by atoms with van der Waals surface area (Å²) in [6.07, 6.45) is 3.80. The molecule has 2 nitrogen and oxygen atoms in total. The SMILES string of the molecule is CCCCCSc1nc(C)ccc1N. The predicted molar refractivity (Wildman–Crippen MR) is 63.6 cm³/mol. The molecule has 0 unspecified atom stereocenters. The summed E-state index contributed by atoms with van der Waals surface area (Å²) in [6, 6.07) is 3.88. The van der Waals surface area contributed by atoms with Crippen LogP contribution in [0.1, 0.15) is 31.9 Å². The van der Waals surface area contributed by atoms with Crippen LogP contribution in [0.2, 0.25) is 0 Å². The first-order chi connectivity index (χ1) is 6.74. The second-order valence-corrected chi connectivity index (χ2v) is 4.49. The molecule has 1 heterocycles. The van der Waals surface area contributed by atoms with E-state index in [1.807, 2.05) is 19.1 Å². The Kier molecular flexibility index (Phi) is 4.80. The summed E-state index contributed by atoms with van der Waals surface area (Å²) < 4.78 is 0. The smallest absolute Gasteiger partial charge is 0.119 e. The van der Waals surface area contributed by atoms with Crippen LogP contribution in [0.4, 0.5) is 5.69 Å². The first-order valence-corrected chi connectivity index (χ1v) is 6.08. The van der Waals surface area contributed by atoms with Gasteiger partial charge in [0.15, 0.2) is 0 Å². The van der Waals surface area contributed by atoms with Crippen LogP contribution in [0.25, 0.3) is 0 Å². The molecular formula is C11H18N2S. The summed E-state index contributed by atoms with van der Waals surface area (Å²) in [7, 11) is 0. The molecule has 78 valence electrons. The highest BCUT2D eigenvalue weighted by Gasteiger charge is 2.01. The molecule has 1 aromatic rings. The van der Waals surface area contributed by atoms with E-state index in [0.717, 1.165) is 22.2 Å². The van der Waals surface area contributed by atoms with Gasteiger partial charge in [0, 0.05) is 5.69 Å². The summed E-state index contributed by atoms with van der Waals surface area (Å²) in [5.41, 5.74) is 7.66. The van der Waals surface area contributed by atoms with E-state index in [2.05, 4.69) is 11.9 Å². The summed E-state index contributed by atoms with van der Waals surface area (Å²) in [6.45, 7) is 4.21. The van der Waals surface area contributed by atoms with Crippen molar-refractivity contribution in [3.05, 3.63) is 17.8 Å². The molecule has 0 radical (unpaired) electrons. The molecule has 0 saturated heterocycles. The van der Waals surface area contributed by atoms with Crippen LogP contribution in [0.5, 0.6) is 0 Å². The number of aryl methyl sites for hydroxylation is 1. The van der Waals surface area contributed by atoms with Crippen LogP contribution >= 0.6 is 11.8 Å². The number of thioether (sulfide) groups is 1. The normalized spacial score (nSPS) is 10.4. The van der Waals surface area contributed by atoms with Crippen LogP contribution in [0.3, 0.4) is 0 Å². The maximum Gasteiger partial charge on any atom is 0.119 e. The number of unbranched alkanes of at least 4 members (excludes halogenated alkanes) is 2. The number of nitrogens with two attached hydrogens (primary N) is 1. The highest BCUT2D eigenvalue weighted by Crippen LogP contribution is 2.23. The van der Waals surface area contributed by atoms with E-state index in [9.17, 15) is 0 Å². The van der Waals surface area contributed by atoms with Crippen molar-refractivity contribution in [3.8, 4) is 0 Å². The maximum absolute atomic E-state index is 5.82. The fraction of sp³-hybridized carbons (Fsp3) is 0.545. The Hall–Kier alpha value is -0.700. The summed E-state index contributed by atoms with van der Waals surface area (Å²) in [5.74, 6) is 1.12. The Labute approximate surface area is 90.3 Å². The van der Waals surface area contributed by atoms with Crippen molar-refractivity contribution in [1.29, 1.82) is 0 Å². The number of aromatic nitrogens is 1. The van der Waals surface area contributed by atoms with E-state index in [-0.39, 0.29) is 0 Å². The predicted octanol–water partition coefficient (Wildman–Crippen LogP) is 3.25. The van der Waals surface area contributed by atoms with Crippen LogP contribution in [-0.2, 0) is 0 Å². The van der Waals surface area contributed by atoms with Crippen molar-refractivity contribution >= 4 is 17.4 Å². The van der Waals surface area contributed by atoms with Gasteiger partial charge < -0.3 is 5.73 Å². The molecule has 1 rings (SSSR count). The average molecular weight is 210 g/mol. The van der Waals surface area contributed by atoms with Gasteiger partial charge in [-0.3, -0.25) is 0 Å². The largest absolute Gasteiger partial charge is 0.397 e. The molecule has 0 spiro atoms. The number of pyridine rings is 1. The number of hydrogen-bond acceptors (Lipinski definition) is 3. The zero-order valence-electron chi connectivity index (χ0n) is 8.92. The standard InChI is InChI=1S/C11H18N2S/c1-3-4-5-8-14-11-10(12)7-6-9(2)13-11/h6-7H,3-5,8,12H2,1-2H3. The summed E-state index contributed by atoms with van der Waals surface area (Å²) in [4.78, 5) is 4.41. The van der Waals surface area contributed by atoms with Gasteiger partial charge >= 0.3 is 0 Å². The van der Waals surface area contributed by atoms with E-state index < -0.39 is 0 Å². The number of nitrogen functional groups attached to an aromatic ring is 1. The summed E-state index contributed by atoms with van der Waals surface area (Å²) in [5, 5.41) is 0.987. The van der Waals surface area contributed by atoms with Crippen molar-refractivity contribution in [1.82, 2.24) is 4.98 Å².